The molecule has 2 aliphatic rings. The van der Waals surface area contributed by atoms with E-state index in [9.17, 15) is 23.7 Å². The summed E-state index contributed by atoms with van der Waals surface area (Å²) in [4.78, 5) is 35.1. The molecule has 1 fully saturated rings. The topological polar surface area (TPSA) is 104 Å². The number of carboxylic acids is 1. The Balaban J connectivity index is 2.62. The largest absolute Gasteiger partial charge is 0.477 e. The van der Waals surface area contributed by atoms with Crippen LogP contribution >= 0.6 is 15.9 Å². The predicted octanol–water partition coefficient (Wildman–Crippen LogP) is 0.0112. The molecule has 1 saturated heterocycles. The standard InChI is InChI=1S/C12H17BrN2O5SSi/c1-22(2,3)12-6(4-13)8(11(18)19)15-9(17)7(14-5-16)10(15)21(12)20/h5,7,10,12H,4H2,1-3H3,(H,14,16)(H,18,19)/t7?,10-,12?,21?/m1/s1. The lowest BCUT2D eigenvalue weighted by Gasteiger charge is -2.52. The van der Waals surface area contributed by atoms with E-state index in [0.29, 0.717) is 12.0 Å². The molecule has 0 spiro atoms. The van der Waals surface area contributed by atoms with Crippen LogP contribution in [0.25, 0.3) is 0 Å². The van der Waals surface area contributed by atoms with E-state index in [0.717, 1.165) is 4.90 Å². The van der Waals surface area contributed by atoms with Crippen molar-refractivity contribution in [3.63, 3.8) is 0 Å². The highest BCUT2D eigenvalue weighted by Gasteiger charge is 2.60. The molecule has 0 aromatic carbocycles. The molecule has 4 atom stereocenters. The Morgan fingerprint density at radius 1 is 1.50 bits per heavy atom. The van der Waals surface area contributed by atoms with E-state index in [-0.39, 0.29) is 15.9 Å². The van der Waals surface area contributed by atoms with Crippen LogP contribution in [0.1, 0.15) is 0 Å². The predicted molar refractivity (Wildman–Crippen MR) is 87.4 cm³/mol. The fourth-order valence-corrected chi connectivity index (χ4v) is 10.2. The number of fused-ring (bicyclic) bond motifs is 1. The van der Waals surface area contributed by atoms with E-state index in [4.69, 9.17) is 0 Å². The second-order valence-electron chi connectivity index (χ2n) is 6.25. The Bertz CT molecular complexity index is 603. The number of rotatable bonds is 5. The Hall–Kier alpha value is -1.00. The molecule has 0 saturated carbocycles. The lowest BCUT2D eigenvalue weighted by atomic mass is 10.0. The maximum Gasteiger partial charge on any atom is 0.352 e. The van der Waals surface area contributed by atoms with Gasteiger partial charge in [0.2, 0.25) is 6.41 Å². The van der Waals surface area contributed by atoms with Crippen LogP contribution in [0.3, 0.4) is 0 Å². The zero-order valence-electron chi connectivity index (χ0n) is 12.3. The number of alkyl halides is 1. The second kappa shape index (κ2) is 5.89. The van der Waals surface area contributed by atoms with Crippen LogP contribution in [-0.4, -0.2) is 62.2 Å². The second-order valence-corrected chi connectivity index (χ2v) is 14.1. The number of carbonyl (C=O) groups excluding carboxylic acids is 2. The highest BCUT2D eigenvalue weighted by Crippen LogP contribution is 2.41. The first-order valence-corrected chi connectivity index (χ1v) is 12.6. The third kappa shape index (κ3) is 2.46. The number of halogens is 1. The first-order valence-electron chi connectivity index (χ1n) is 6.61. The lowest BCUT2D eigenvalue weighted by molar-refractivity contribution is -0.150. The molecule has 7 nitrogen and oxygen atoms in total. The molecule has 2 rings (SSSR count). The molecule has 0 aliphatic carbocycles. The molecular formula is C12H17BrN2O5SSi. The van der Waals surface area contributed by atoms with Gasteiger partial charge in [-0.25, -0.2) is 4.79 Å². The van der Waals surface area contributed by atoms with Gasteiger partial charge in [-0.1, -0.05) is 35.6 Å². The first kappa shape index (κ1) is 17.4. The van der Waals surface area contributed by atoms with Gasteiger partial charge in [0, 0.05) is 5.33 Å². The average molecular weight is 409 g/mol. The van der Waals surface area contributed by atoms with Gasteiger partial charge in [0.05, 0.1) is 23.7 Å². The number of nitrogens with one attached hydrogen (secondary N) is 1. The molecule has 2 heterocycles. The van der Waals surface area contributed by atoms with Crippen molar-refractivity contribution in [2.24, 2.45) is 0 Å². The summed E-state index contributed by atoms with van der Waals surface area (Å²) in [6, 6.07) is -0.914. The van der Waals surface area contributed by atoms with Gasteiger partial charge in [-0.05, 0) is 5.57 Å². The minimum Gasteiger partial charge on any atom is -0.477 e. The molecule has 0 radical (unpaired) electrons. The van der Waals surface area contributed by atoms with Crippen molar-refractivity contribution < 1.29 is 23.7 Å². The molecule has 22 heavy (non-hydrogen) atoms. The maximum absolute atomic E-state index is 12.9. The number of hydrogen-bond donors (Lipinski definition) is 2. The summed E-state index contributed by atoms with van der Waals surface area (Å²) in [6.07, 6.45) is 0.380. The number of hydrogen-bond acceptors (Lipinski definition) is 4. The molecule has 0 bridgehead atoms. The van der Waals surface area contributed by atoms with Crippen LogP contribution in [0.4, 0.5) is 0 Å². The number of β-lactam (4-membered cyclic amide) rings is 1. The Labute approximate surface area is 139 Å². The molecule has 2 amide bonds. The molecule has 3 unspecified atom stereocenters. The number of aliphatic carboxylic acids is 1. The van der Waals surface area contributed by atoms with Crippen molar-refractivity contribution in [1.29, 1.82) is 0 Å². The third-order valence-electron chi connectivity index (χ3n) is 3.76. The van der Waals surface area contributed by atoms with Crippen LogP contribution in [-0.2, 0) is 25.2 Å². The number of carbonyl (C=O) groups is 3. The van der Waals surface area contributed by atoms with Gasteiger partial charge in [-0.15, -0.1) is 0 Å². The van der Waals surface area contributed by atoms with Crippen molar-refractivity contribution in [1.82, 2.24) is 10.2 Å². The molecule has 122 valence electrons. The Morgan fingerprint density at radius 3 is 2.50 bits per heavy atom. The molecule has 0 aromatic rings. The smallest absolute Gasteiger partial charge is 0.352 e. The van der Waals surface area contributed by atoms with Gasteiger partial charge < -0.3 is 10.4 Å². The van der Waals surface area contributed by atoms with E-state index in [2.05, 4.69) is 21.2 Å². The molecule has 2 aliphatic heterocycles. The summed E-state index contributed by atoms with van der Waals surface area (Å²) in [5.41, 5.74) is 0.405. The lowest BCUT2D eigenvalue weighted by Crippen LogP contribution is -2.75. The van der Waals surface area contributed by atoms with E-state index in [1.165, 1.54) is 0 Å². The van der Waals surface area contributed by atoms with Crippen molar-refractivity contribution >= 4 is 53.1 Å². The fourth-order valence-electron chi connectivity index (χ4n) is 2.97. The third-order valence-corrected chi connectivity index (χ3v) is 10.8. The number of amides is 2. The normalized spacial score (nSPS) is 31.5. The monoisotopic (exact) mass is 408 g/mol. The maximum atomic E-state index is 12.9. The zero-order chi connectivity index (χ0) is 16.8. The van der Waals surface area contributed by atoms with Gasteiger partial charge in [0.15, 0.2) is 0 Å². The average Bonchev–Trinajstić information content (AvgIpc) is 2.41. The number of nitrogens with zero attached hydrogens (tertiary/aromatic N) is 1. The molecule has 10 heteroatoms. The van der Waals surface area contributed by atoms with Crippen molar-refractivity contribution in [3.8, 4) is 0 Å². The van der Waals surface area contributed by atoms with E-state index in [1.807, 2.05) is 19.6 Å². The van der Waals surface area contributed by atoms with Crippen molar-refractivity contribution in [2.45, 2.75) is 35.9 Å². The Kier molecular flexibility index (Phi) is 4.65. The van der Waals surface area contributed by atoms with Crippen molar-refractivity contribution in [3.05, 3.63) is 11.3 Å². The van der Waals surface area contributed by atoms with Gasteiger partial charge in [0.25, 0.3) is 5.91 Å². The van der Waals surface area contributed by atoms with Gasteiger partial charge in [-0.3, -0.25) is 18.7 Å². The van der Waals surface area contributed by atoms with E-state index >= 15 is 0 Å². The summed E-state index contributed by atoms with van der Waals surface area (Å²) in [7, 11) is -3.47. The summed E-state index contributed by atoms with van der Waals surface area (Å²) in [5, 5.41) is 11.3. The molecular weight excluding hydrogens is 392 g/mol. The van der Waals surface area contributed by atoms with Crippen LogP contribution in [0.2, 0.25) is 19.6 Å². The Morgan fingerprint density at radius 2 is 2.09 bits per heavy atom. The van der Waals surface area contributed by atoms with E-state index < -0.39 is 42.2 Å². The van der Waals surface area contributed by atoms with Crippen LogP contribution < -0.4 is 5.32 Å². The van der Waals surface area contributed by atoms with Crippen molar-refractivity contribution in [2.75, 3.05) is 5.33 Å². The van der Waals surface area contributed by atoms with Crippen LogP contribution in [0.15, 0.2) is 11.3 Å². The SMILES string of the molecule is C[Si](C)(C)C1C(CBr)=C(C(=O)O)N2C(=O)C(NC=O)[C@H]2S1=O. The van der Waals surface area contributed by atoms with E-state index in [1.54, 1.807) is 0 Å². The quantitative estimate of drug-likeness (QED) is 0.288. The van der Waals surface area contributed by atoms with Crippen LogP contribution in [0, 0.1) is 0 Å². The molecule has 0 aromatic heterocycles. The zero-order valence-corrected chi connectivity index (χ0v) is 15.7. The van der Waals surface area contributed by atoms with Gasteiger partial charge >= 0.3 is 5.97 Å². The summed E-state index contributed by atoms with van der Waals surface area (Å²) in [6.45, 7) is 6.03. The summed E-state index contributed by atoms with van der Waals surface area (Å²) < 4.78 is 12.9. The summed E-state index contributed by atoms with van der Waals surface area (Å²) in [5.74, 6) is -1.74. The highest BCUT2D eigenvalue weighted by molar-refractivity contribution is 9.09. The summed E-state index contributed by atoms with van der Waals surface area (Å²) >= 11 is 3.27. The highest BCUT2D eigenvalue weighted by atomic mass is 79.9. The van der Waals surface area contributed by atoms with Gasteiger partial charge in [-0.2, -0.15) is 0 Å². The fraction of sp³-hybridized carbons (Fsp3) is 0.583. The minimum atomic E-state index is -2.01. The minimum absolute atomic E-state index is 0.0946. The molecule has 2 N–H and O–H groups in total. The van der Waals surface area contributed by atoms with Gasteiger partial charge in [0.1, 0.15) is 17.1 Å². The number of carboxylic acid groups (broad SMARTS) is 1. The first-order chi connectivity index (χ1) is 10.2. The van der Waals surface area contributed by atoms with Crippen LogP contribution in [0.5, 0.6) is 0 Å².